The highest BCUT2D eigenvalue weighted by molar-refractivity contribution is 7.39. The fourth-order valence-electron chi connectivity index (χ4n) is 4.58. The highest BCUT2D eigenvalue weighted by Gasteiger charge is 2.40. The summed E-state index contributed by atoms with van der Waals surface area (Å²) in [4.78, 5) is 58.0. The van der Waals surface area contributed by atoms with Gasteiger partial charge in [-0.15, -0.1) is 0 Å². The van der Waals surface area contributed by atoms with E-state index in [9.17, 15) is 24.5 Å². The van der Waals surface area contributed by atoms with Gasteiger partial charge in [-0.1, -0.05) is 24.3 Å². The number of likely N-dealkylation sites (tertiary alicyclic amines) is 1. The molecule has 2 heterocycles. The largest absolute Gasteiger partial charge is 0.547 e. The number of carboxylic acids is 1. The zero-order valence-electron chi connectivity index (χ0n) is 19.9. The molecular formula is C23H27BN3O9P. The third kappa shape index (κ3) is 6.20. The quantitative estimate of drug-likeness (QED) is 0.206. The lowest BCUT2D eigenvalue weighted by molar-refractivity contribution is -0.131. The van der Waals surface area contributed by atoms with Crippen LogP contribution in [0.15, 0.2) is 42.5 Å². The van der Waals surface area contributed by atoms with Crippen molar-refractivity contribution in [2.75, 3.05) is 13.6 Å². The summed E-state index contributed by atoms with van der Waals surface area (Å²) in [6.45, 7) is 0.760. The van der Waals surface area contributed by atoms with Gasteiger partial charge in [-0.25, -0.2) is 4.79 Å². The van der Waals surface area contributed by atoms with E-state index in [1.54, 1.807) is 12.1 Å². The molecular weight excluding hydrogens is 504 g/mol. The van der Waals surface area contributed by atoms with Crippen LogP contribution in [0.1, 0.15) is 40.4 Å². The summed E-state index contributed by atoms with van der Waals surface area (Å²) in [5.74, 6) is -2.83. The minimum atomic E-state index is -2.62. The van der Waals surface area contributed by atoms with Crippen molar-refractivity contribution in [1.82, 2.24) is 15.5 Å². The number of carboxylic acid groups (broad SMARTS) is 1. The topological polar surface area (TPSA) is 178 Å². The number of amides is 2. The van der Waals surface area contributed by atoms with Crippen LogP contribution in [0, 0.1) is 0 Å². The van der Waals surface area contributed by atoms with Gasteiger partial charge in [-0.3, -0.25) is 14.5 Å². The van der Waals surface area contributed by atoms with E-state index in [-0.39, 0.29) is 29.4 Å². The van der Waals surface area contributed by atoms with E-state index >= 15 is 0 Å². The number of hydrogen-bond acceptors (Lipinski definition) is 9. The van der Waals surface area contributed by atoms with Gasteiger partial charge in [0.1, 0.15) is 17.5 Å². The Kier molecular flexibility index (Phi) is 8.30. The number of hydrogen-bond donors (Lipinski definition) is 6. The van der Waals surface area contributed by atoms with Gasteiger partial charge in [0.25, 0.3) is 0 Å². The Morgan fingerprint density at radius 2 is 1.92 bits per heavy atom. The number of carbonyl (C=O) groups is 3. The molecule has 14 heteroatoms. The average molecular weight is 531 g/mol. The lowest BCUT2D eigenvalue weighted by Crippen LogP contribution is -2.56. The van der Waals surface area contributed by atoms with Gasteiger partial charge in [0.2, 0.25) is 11.8 Å². The van der Waals surface area contributed by atoms with Crippen molar-refractivity contribution < 1.29 is 43.5 Å². The number of likely N-dealkylation sites (N-methyl/N-ethyl adjacent to an activating group) is 1. The van der Waals surface area contributed by atoms with Crippen LogP contribution in [0.3, 0.4) is 0 Å². The molecule has 2 aromatic carbocycles. The van der Waals surface area contributed by atoms with Crippen molar-refractivity contribution in [3.8, 4) is 11.5 Å². The summed E-state index contributed by atoms with van der Waals surface area (Å²) >= 11 is 0. The van der Waals surface area contributed by atoms with Gasteiger partial charge in [-0.2, -0.15) is 0 Å². The Balaban J connectivity index is 1.55. The summed E-state index contributed by atoms with van der Waals surface area (Å²) in [6.07, 6.45) is 1.61. The van der Waals surface area contributed by atoms with E-state index in [1.165, 1.54) is 30.3 Å². The van der Waals surface area contributed by atoms with Crippen LogP contribution in [0.2, 0.25) is 0 Å². The summed E-state index contributed by atoms with van der Waals surface area (Å²) in [5.41, 5.74) is 0.817. The maximum absolute atomic E-state index is 13.4. The average Bonchev–Trinajstić information content (AvgIpc) is 3.28. The molecule has 0 spiro atoms. The van der Waals surface area contributed by atoms with Crippen molar-refractivity contribution >= 4 is 33.5 Å². The van der Waals surface area contributed by atoms with Crippen LogP contribution >= 0.6 is 8.60 Å². The van der Waals surface area contributed by atoms with Crippen LogP contribution in [-0.2, 0) is 16.0 Å². The lowest BCUT2D eigenvalue weighted by Gasteiger charge is -2.30. The van der Waals surface area contributed by atoms with Gasteiger partial charge >= 0.3 is 21.7 Å². The van der Waals surface area contributed by atoms with Crippen LogP contribution in [0.4, 0.5) is 0 Å². The molecule has 6 N–H and O–H groups in total. The summed E-state index contributed by atoms with van der Waals surface area (Å²) in [6, 6.07) is 8.94. The maximum atomic E-state index is 13.4. The minimum Gasteiger partial charge on any atom is -0.534 e. The normalized spacial score (nSPS) is 20.1. The highest BCUT2D eigenvalue weighted by atomic mass is 31.2. The molecule has 4 rings (SSSR count). The minimum absolute atomic E-state index is 0.0467. The second-order valence-electron chi connectivity index (χ2n) is 8.92. The molecule has 2 aliphatic heterocycles. The Hall–Kier alpha value is -3.22. The molecule has 0 radical (unpaired) electrons. The first-order valence-electron chi connectivity index (χ1n) is 11.6. The molecule has 196 valence electrons. The Bertz CT molecular complexity index is 1170. The van der Waals surface area contributed by atoms with Gasteiger partial charge in [0.05, 0.1) is 17.5 Å². The Morgan fingerprint density at radius 3 is 2.54 bits per heavy atom. The SMILES string of the molecule is CN1CCC[C@H]1C(=O)NC(C(=O)N[C@H]1Cc2cccc(C(=O)O)c2OB1O)c1ccc(OP(O)O)cc1. The number of aromatic carboxylic acids is 1. The monoisotopic (exact) mass is 531 g/mol. The van der Waals surface area contributed by atoms with E-state index in [1.807, 2.05) is 11.9 Å². The highest BCUT2D eigenvalue weighted by Crippen LogP contribution is 2.31. The summed E-state index contributed by atoms with van der Waals surface area (Å²) < 4.78 is 10.3. The Morgan fingerprint density at radius 1 is 1.19 bits per heavy atom. The molecule has 2 amide bonds. The second-order valence-corrected chi connectivity index (χ2v) is 9.61. The first-order chi connectivity index (χ1) is 17.6. The molecule has 2 aliphatic rings. The number of benzene rings is 2. The molecule has 3 atom stereocenters. The molecule has 0 aromatic heterocycles. The van der Waals surface area contributed by atoms with E-state index < -0.39 is 45.6 Å². The van der Waals surface area contributed by atoms with Crippen LogP contribution in [0.5, 0.6) is 11.5 Å². The molecule has 0 aliphatic carbocycles. The molecule has 0 saturated carbocycles. The van der Waals surface area contributed by atoms with Crippen molar-refractivity contribution in [2.45, 2.75) is 37.3 Å². The van der Waals surface area contributed by atoms with Crippen LogP contribution < -0.4 is 19.8 Å². The van der Waals surface area contributed by atoms with E-state index in [0.29, 0.717) is 17.5 Å². The van der Waals surface area contributed by atoms with E-state index in [2.05, 4.69) is 10.6 Å². The molecule has 1 fully saturated rings. The van der Waals surface area contributed by atoms with E-state index in [0.717, 1.165) is 13.0 Å². The number of carbonyl (C=O) groups excluding carboxylic acids is 2. The molecule has 1 saturated heterocycles. The fourth-order valence-corrected chi connectivity index (χ4v) is 4.89. The number of para-hydroxylation sites is 1. The van der Waals surface area contributed by atoms with Crippen molar-refractivity contribution in [3.63, 3.8) is 0 Å². The maximum Gasteiger partial charge on any atom is 0.547 e. The first kappa shape index (κ1) is 26.8. The van der Waals surface area contributed by atoms with Crippen molar-refractivity contribution in [3.05, 3.63) is 59.2 Å². The van der Waals surface area contributed by atoms with Gasteiger partial charge in [0.15, 0.2) is 0 Å². The summed E-state index contributed by atoms with van der Waals surface area (Å²) in [7, 11) is -2.30. The molecule has 1 unspecified atom stereocenters. The molecule has 0 bridgehead atoms. The predicted molar refractivity (Wildman–Crippen MR) is 133 cm³/mol. The fraction of sp³-hybridized carbons (Fsp3) is 0.348. The molecule has 37 heavy (non-hydrogen) atoms. The third-order valence-electron chi connectivity index (χ3n) is 6.45. The van der Waals surface area contributed by atoms with Crippen molar-refractivity contribution in [1.29, 1.82) is 0 Å². The number of rotatable bonds is 8. The van der Waals surface area contributed by atoms with Gasteiger partial charge in [0, 0.05) is 0 Å². The first-order valence-corrected chi connectivity index (χ1v) is 12.8. The smallest absolute Gasteiger partial charge is 0.534 e. The van der Waals surface area contributed by atoms with Gasteiger partial charge < -0.3 is 39.7 Å². The van der Waals surface area contributed by atoms with Crippen molar-refractivity contribution in [2.24, 2.45) is 0 Å². The zero-order valence-corrected chi connectivity index (χ0v) is 20.8. The van der Waals surface area contributed by atoms with Gasteiger partial charge in [-0.05, 0) is 62.2 Å². The Labute approximate surface area is 214 Å². The third-order valence-corrected chi connectivity index (χ3v) is 6.82. The zero-order chi connectivity index (χ0) is 26.7. The summed E-state index contributed by atoms with van der Waals surface area (Å²) in [5, 5.41) is 25.4. The standard InChI is InChI=1S/C23H27BN3O9P/c1-27-11-3-6-17(27)21(28)26-19(13-7-9-15(10-8-13)36-37(33)34)22(29)25-18-12-14-4-2-5-16(23(30)31)20(14)35-24(18)32/h2,4-5,7-10,17-19,32-34H,3,6,11-12H2,1H3,(H,25,29)(H,26,28)(H,30,31)/t17-,18-,19?/m0/s1. The molecule has 2 aromatic rings. The van der Waals surface area contributed by atoms with Crippen LogP contribution in [-0.4, -0.2) is 75.3 Å². The second kappa shape index (κ2) is 11.4. The van der Waals surface area contributed by atoms with Crippen LogP contribution in [0.25, 0.3) is 0 Å². The number of nitrogens with one attached hydrogen (secondary N) is 2. The molecule has 12 nitrogen and oxygen atoms in total. The van der Waals surface area contributed by atoms with E-state index in [4.69, 9.17) is 19.0 Å². The number of nitrogens with zero attached hydrogens (tertiary/aromatic N) is 1. The number of fused-ring (bicyclic) bond motifs is 1. The lowest BCUT2D eigenvalue weighted by atomic mass is 9.72. The predicted octanol–water partition coefficient (Wildman–Crippen LogP) is 0.366.